The molecule has 1 aliphatic carbocycles. The van der Waals surface area contributed by atoms with Crippen LogP contribution >= 0.6 is 15.9 Å². The number of piperazine rings is 1. The molecule has 132 valence electrons. The van der Waals surface area contributed by atoms with Crippen LogP contribution in [0.4, 0.5) is 0 Å². The van der Waals surface area contributed by atoms with Crippen LogP contribution in [0.15, 0.2) is 39.4 Å². The Labute approximate surface area is 155 Å². The molecule has 1 aromatic heterocycles. The average Bonchev–Trinajstić information content (AvgIpc) is 3.27. The van der Waals surface area contributed by atoms with E-state index in [4.69, 9.17) is 9.15 Å². The van der Waals surface area contributed by atoms with E-state index in [-0.39, 0.29) is 5.91 Å². The lowest BCUT2D eigenvalue weighted by Crippen LogP contribution is -2.49. The lowest BCUT2D eigenvalue weighted by molar-refractivity contribution is 0.0538. The number of benzene rings is 1. The van der Waals surface area contributed by atoms with Crippen LogP contribution in [0.1, 0.15) is 34.1 Å². The molecule has 0 radical (unpaired) electrons. The lowest BCUT2D eigenvalue weighted by Gasteiger charge is -2.38. The minimum atomic E-state index is -0.0289. The number of carbonyl (C=O) groups is 1. The molecule has 1 aromatic carbocycles. The van der Waals surface area contributed by atoms with E-state index in [1.54, 1.807) is 19.2 Å². The first-order valence-corrected chi connectivity index (χ1v) is 9.40. The van der Waals surface area contributed by atoms with Gasteiger partial charge in [-0.15, -0.1) is 0 Å². The highest BCUT2D eigenvalue weighted by molar-refractivity contribution is 9.10. The number of rotatable bonds is 3. The van der Waals surface area contributed by atoms with Gasteiger partial charge < -0.3 is 14.1 Å². The Kier molecular flexibility index (Phi) is 4.56. The van der Waals surface area contributed by atoms with Gasteiger partial charge in [0.25, 0.3) is 5.91 Å². The van der Waals surface area contributed by atoms with E-state index in [9.17, 15) is 4.79 Å². The van der Waals surface area contributed by atoms with Crippen molar-refractivity contribution >= 4 is 21.8 Å². The van der Waals surface area contributed by atoms with E-state index < -0.39 is 0 Å². The topological polar surface area (TPSA) is 45.9 Å². The molecule has 25 heavy (non-hydrogen) atoms. The Bertz CT molecular complexity index is 781. The zero-order valence-corrected chi connectivity index (χ0v) is 15.8. The average molecular weight is 405 g/mol. The van der Waals surface area contributed by atoms with Crippen molar-refractivity contribution in [2.45, 2.75) is 18.9 Å². The van der Waals surface area contributed by atoms with Gasteiger partial charge in [0.1, 0.15) is 5.75 Å². The quantitative estimate of drug-likeness (QED) is 0.785. The molecular formula is C19H21BrN2O3. The maximum absolute atomic E-state index is 12.5. The van der Waals surface area contributed by atoms with E-state index in [2.05, 4.69) is 33.0 Å². The Morgan fingerprint density at radius 2 is 2.00 bits per heavy atom. The zero-order valence-electron chi connectivity index (χ0n) is 14.2. The highest BCUT2D eigenvalue weighted by Gasteiger charge is 2.32. The molecule has 0 N–H and O–H groups in total. The molecule has 0 spiro atoms. The summed E-state index contributed by atoms with van der Waals surface area (Å²) in [6, 6.07) is 10.3. The molecule has 1 unspecified atom stereocenters. The van der Waals surface area contributed by atoms with Crippen molar-refractivity contribution in [3.8, 4) is 5.75 Å². The van der Waals surface area contributed by atoms with Crippen LogP contribution in [0.25, 0.3) is 0 Å². The molecule has 0 bridgehead atoms. The third-order valence-electron chi connectivity index (χ3n) is 5.23. The summed E-state index contributed by atoms with van der Waals surface area (Å²) in [5.41, 5.74) is 2.80. The standard InChI is InChI=1S/C19H21BrN2O3/c1-24-14-4-2-13-3-5-16(15(13)12-14)21-8-10-22(11-9-21)19(23)17-6-7-18(20)25-17/h2,4,6-7,12,16H,3,5,8-11H2,1H3. The number of aryl methyl sites for hydroxylation is 1. The number of carbonyl (C=O) groups excluding carboxylic acids is 1. The van der Waals surface area contributed by atoms with E-state index in [1.165, 1.54) is 11.1 Å². The van der Waals surface area contributed by atoms with Gasteiger partial charge in [0, 0.05) is 32.2 Å². The van der Waals surface area contributed by atoms with Crippen LogP contribution in [0.3, 0.4) is 0 Å². The van der Waals surface area contributed by atoms with Gasteiger partial charge in [-0.25, -0.2) is 0 Å². The molecule has 2 aromatic rings. The van der Waals surface area contributed by atoms with Crippen LogP contribution < -0.4 is 4.74 Å². The second-order valence-electron chi connectivity index (χ2n) is 6.55. The first kappa shape index (κ1) is 16.7. The van der Waals surface area contributed by atoms with Crippen LogP contribution in [0.5, 0.6) is 5.75 Å². The number of hydrogen-bond donors (Lipinski definition) is 0. The van der Waals surface area contributed by atoms with Gasteiger partial charge in [0.05, 0.1) is 7.11 Å². The Morgan fingerprint density at radius 3 is 2.68 bits per heavy atom. The second kappa shape index (κ2) is 6.84. The number of nitrogens with zero attached hydrogens (tertiary/aromatic N) is 2. The van der Waals surface area contributed by atoms with E-state index in [0.29, 0.717) is 16.5 Å². The van der Waals surface area contributed by atoms with Crippen molar-refractivity contribution < 1.29 is 13.9 Å². The number of fused-ring (bicyclic) bond motifs is 1. The minimum absolute atomic E-state index is 0.0289. The minimum Gasteiger partial charge on any atom is -0.497 e. The fourth-order valence-corrected chi connectivity index (χ4v) is 4.19. The van der Waals surface area contributed by atoms with Gasteiger partial charge in [-0.1, -0.05) is 6.07 Å². The van der Waals surface area contributed by atoms with Crippen LogP contribution in [0, 0.1) is 0 Å². The van der Waals surface area contributed by atoms with Crippen molar-refractivity contribution in [3.63, 3.8) is 0 Å². The van der Waals surface area contributed by atoms with Gasteiger partial charge in [0.2, 0.25) is 0 Å². The molecule has 5 nitrogen and oxygen atoms in total. The molecule has 0 saturated carbocycles. The maximum atomic E-state index is 12.5. The summed E-state index contributed by atoms with van der Waals surface area (Å²) in [6.07, 6.45) is 2.26. The number of furan rings is 1. The number of amides is 1. The van der Waals surface area contributed by atoms with Crippen LogP contribution in [-0.2, 0) is 6.42 Å². The fraction of sp³-hybridized carbons (Fsp3) is 0.421. The van der Waals surface area contributed by atoms with Crippen molar-refractivity contribution in [2.24, 2.45) is 0 Å². The highest BCUT2D eigenvalue weighted by atomic mass is 79.9. The summed E-state index contributed by atoms with van der Waals surface area (Å²) in [7, 11) is 1.71. The molecule has 1 aliphatic heterocycles. The van der Waals surface area contributed by atoms with E-state index in [1.807, 2.05) is 11.0 Å². The number of hydrogen-bond acceptors (Lipinski definition) is 4. The Balaban J connectivity index is 1.42. The van der Waals surface area contributed by atoms with E-state index in [0.717, 1.165) is 44.8 Å². The zero-order chi connectivity index (χ0) is 17.4. The van der Waals surface area contributed by atoms with Gasteiger partial charge in [-0.3, -0.25) is 9.69 Å². The summed E-state index contributed by atoms with van der Waals surface area (Å²) in [6.45, 7) is 3.23. The summed E-state index contributed by atoms with van der Waals surface area (Å²) in [4.78, 5) is 16.9. The highest BCUT2D eigenvalue weighted by Crippen LogP contribution is 2.38. The van der Waals surface area contributed by atoms with Gasteiger partial charge in [0.15, 0.2) is 10.4 Å². The summed E-state index contributed by atoms with van der Waals surface area (Å²) in [5.74, 6) is 1.29. The molecule has 2 aliphatic rings. The molecule has 2 heterocycles. The Morgan fingerprint density at radius 1 is 1.20 bits per heavy atom. The normalized spacial score (nSPS) is 20.6. The third kappa shape index (κ3) is 3.20. The molecule has 1 amide bonds. The van der Waals surface area contributed by atoms with Gasteiger partial charge >= 0.3 is 0 Å². The fourth-order valence-electron chi connectivity index (χ4n) is 3.89. The Hall–Kier alpha value is -1.79. The third-order valence-corrected chi connectivity index (χ3v) is 5.65. The SMILES string of the molecule is COc1ccc2c(c1)C(N1CCN(C(=O)c3ccc(Br)o3)CC1)CC2. The predicted octanol–water partition coefficient (Wildman–Crippen LogP) is 3.50. The summed E-state index contributed by atoms with van der Waals surface area (Å²) < 4.78 is 11.4. The largest absolute Gasteiger partial charge is 0.497 e. The van der Waals surface area contributed by atoms with Crippen LogP contribution in [-0.4, -0.2) is 49.0 Å². The van der Waals surface area contributed by atoms with E-state index >= 15 is 0 Å². The number of ether oxygens (including phenoxy) is 1. The summed E-state index contributed by atoms with van der Waals surface area (Å²) in [5, 5.41) is 0. The molecule has 1 fully saturated rings. The molecular weight excluding hydrogens is 384 g/mol. The van der Waals surface area contributed by atoms with Crippen molar-refractivity contribution in [3.05, 3.63) is 51.9 Å². The van der Waals surface area contributed by atoms with Crippen molar-refractivity contribution in [2.75, 3.05) is 33.3 Å². The maximum Gasteiger partial charge on any atom is 0.289 e. The van der Waals surface area contributed by atoms with Crippen LogP contribution in [0.2, 0.25) is 0 Å². The number of methoxy groups -OCH3 is 1. The lowest BCUT2D eigenvalue weighted by atomic mass is 10.1. The molecule has 6 heteroatoms. The van der Waals surface area contributed by atoms with Crippen molar-refractivity contribution in [1.82, 2.24) is 9.80 Å². The molecule has 1 saturated heterocycles. The predicted molar refractivity (Wildman–Crippen MR) is 97.9 cm³/mol. The van der Waals surface area contributed by atoms with Gasteiger partial charge in [-0.2, -0.15) is 0 Å². The number of halogens is 1. The molecule has 1 atom stereocenters. The van der Waals surface area contributed by atoms with Crippen molar-refractivity contribution in [1.29, 1.82) is 0 Å². The first-order valence-electron chi connectivity index (χ1n) is 8.61. The summed E-state index contributed by atoms with van der Waals surface area (Å²) >= 11 is 3.25. The monoisotopic (exact) mass is 404 g/mol. The second-order valence-corrected chi connectivity index (χ2v) is 7.33. The molecule has 4 rings (SSSR count). The smallest absolute Gasteiger partial charge is 0.289 e. The first-order chi connectivity index (χ1) is 12.2. The van der Waals surface area contributed by atoms with Gasteiger partial charge in [-0.05, 0) is 64.2 Å².